The molecule has 0 saturated carbocycles. The van der Waals surface area contributed by atoms with Gasteiger partial charge in [0.05, 0.1) is 6.61 Å². The minimum atomic E-state index is -0.0368. The molecule has 0 fully saturated rings. The molecule has 1 aromatic carbocycles. The predicted molar refractivity (Wildman–Crippen MR) is 133 cm³/mol. The molecule has 0 aromatic heterocycles. The van der Waals surface area contributed by atoms with Crippen molar-refractivity contribution in [3.63, 3.8) is 0 Å². The van der Waals surface area contributed by atoms with Gasteiger partial charge in [0.2, 0.25) is 0 Å². The van der Waals surface area contributed by atoms with Gasteiger partial charge in [-0.15, -0.1) is 0 Å². The summed E-state index contributed by atoms with van der Waals surface area (Å²) >= 11 is 5.86. The van der Waals surface area contributed by atoms with Crippen LogP contribution in [0.2, 0.25) is 0 Å². The van der Waals surface area contributed by atoms with Gasteiger partial charge in [0, 0.05) is 21.7 Å². The Morgan fingerprint density at radius 1 is 1.07 bits per heavy atom. The van der Waals surface area contributed by atoms with Gasteiger partial charge in [-0.2, -0.15) is 0 Å². The Morgan fingerprint density at radius 3 is 2.00 bits per heavy atom. The summed E-state index contributed by atoms with van der Waals surface area (Å²) < 4.78 is 0. The molecule has 3 heteroatoms. The van der Waals surface area contributed by atoms with Crippen LogP contribution >= 0.6 is 12.2 Å². The minimum Gasteiger partial charge on any atom is -0.398 e. The van der Waals surface area contributed by atoms with Crippen molar-refractivity contribution in [3.05, 3.63) is 68.3 Å². The lowest BCUT2D eigenvalue weighted by Crippen LogP contribution is -2.17. The van der Waals surface area contributed by atoms with E-state index in [1.807, 2.05) is 26.0 Å². The molecule has 0 atom stereocenters. The molecule has 0 spiro atoms. The molecule has 29 heavy (non-hydrogen) atoms. The molecular formula is C26H37NOS. The first-order valence-corrected chi connectivity index (χ1v) is 10.8. The number of aliphatic hydroxyl groups excluding tert-OH is 1. The molecule has 0 heterocycles. The largest absolute Gasteiger partial charge is 0.398 e. The van der Waals surface area contributed by atoms with Crippen molar-refractivity contribution in [2.75, 3.05) is 0 Å². The van der Waals surface area contributed by atoms with Gasteiger partial charge in [-0.3, -0.25) is 0 Å². The molecule has 0 aliphatic carbocycles. The van der Waals surface area contributed by atoms with Crippen molar-refractivity contribution < 1.29 is 5.11 Å². The van der Waals surface area contributed by atoms with E-state index >= 15 is 0 Å². The summed E-state index contributed by atoms with van der Waals surface area (Å²) in [6.45, 7) is 20.6. The Morgan fingerprint density at radius 2 is 1.62 bits per heavy atom. The van der Waals surface area contributed by atoms with Crippen LogP contribution in [0.1, 0.15) is 81.8 Å². The van der Waals surface area contributed by atoms with Crippen molar-refractivity contribution in [2.45, 2.75) is 74.8 Å². The molecule has 0 unspecified atom stereocenters. The van der Waals surface area contributed by atoms with E-state index in [9.17, 15) is 5.11 Å². The highest BCUT2D eigenvalue weighted by atomic mass is 32.1. The number of aliphatic hydroxyl groups is 1. The lowest BCUT2D eigenvalue weighted by atomic mass is 9.81. The first-order valence-electron chi connectivity index (χ1n) is 10.3. The lowest BCUT2D eigenvalue weighted by Gasteiger charge is -2.25. The van der Waals surface area contributed by atoms with Gasteiger partial charge in [0.25, 0.3) is 0 Å². The van der Waals surface area contributed by atoms with E-state index in [1.165, 1.54) is 11.1 Å². The molecule has 0 amide bonds. The summed E-state index contributed by atoms with van der Waals surface area (Å²) in [4.78, 5) is 0.781. The number of benzene rings is 1. The standard InChI is InChI=1S/C26H37NOS/c1-10-16(7)26(29)23(17(8)15(5)6)25(27)24-20(12-3)18(9)19(11-2)22(14-28)21(24)13-4/h10-11,28H,2,12-14,27H2,1,3-9H3/b16-10-,25-23-. The van der Waals surface area contributed by atoms with Crippen molar-refractivity contribution in [3.8, 4) is 0 Å². The number of thiocarbonyl (C=S) groups is 1. The van der Waals surface area contributed by atoms with Crippen LogP contribution in [0.3, 0.4) is 0 Å². The highest BCUT2D eigenvalue weighted by Gasteiger charge is 2.23. The highest BCUT2D eigenvalue weighted by molar-refractivity contribution is 7.81. The highest BCUT2D eigenvalue weighted by Crippen LogP contribution is 2.36. The maximum atomic E-state index is 10.2. The molecule has 0 radical (unpaired) electrons. The van der Waals surface area contributed by atoms with E-state index < -0.39 is 0 Å². The molecule has 3 N–H and O–H groups in total. The zero-order chi connectivity index (χ0) is 22.5. The first-order chi connectivity index (χ1) is 13.6. The third-order valence-corrected chi connectivity index (χ3v) is 6.43. The SMILES string of the molecule is C=Cc1c(C)c(CC)c(/C(N)=C(/C(=S)/C(C)=C\C)C(C)=C(C)C)c(CC)c1CO. The summed E-state index contributed by atoms with van der Waals surface area (Å²) in [5.41, 5.74) is 18.3. The summed E-state index contributed by atoms with van der Waals surface area (Å²) in [5, 5.41) is 10.2. The van der Waals surface area contributed by atoms with Crippen LogP contribution in [0, 0.1) is 6.92 Å². The molecule has 2 nitrogen and oxygen atoms in total. The lowest BCUT2D eigenvalue weighted by molar-refractivity contribution is 0.280. The fourth-order valence-corrected chi connectivity index (χ4v) is 4.26. The Kier molecular flexibility index (Phi) is 9.25. The predicted octanol–water partition coefficient (Wildman–Crippen LogP) is 6.62. The molecular weight excluding hydrogens is 374 g/mol. The van der Waals surface area contributed by atoms with Gasteiger partial charge >= 0.3 is 0 Å². The molecule has 0 saturated heterocycles. The van der Waals surface area contributed by atoms with Crippen molar-refractivity contribution in [2.24, 2.45) is 5.73 Å². The van der Waals surface area contributed by atoms with Crippen molar-refractivity contribution >= 4 is 28.9 Å². The fourth-order valence-electron chi connectivity index (χ4n) is 3.88. The number of hydrogen-bond donors (Lipinski definition) is 2. The summed E-state index contributed by atoms with van der Waals surface area (Å²) in [7, 11) is 0. The zero-order valence-electron chi connectivity index (χ0n) is 19.4. The summed E-state index contributed by atoms with van der Waals surface area (Å²) in [6, 6.07) is 0. The minimum absolute atomic E-state index is 0.0368. The second kappa shape index (κ2) is 10.7. The topological polar surface area (TPSA) is 46.2 Å². The number of hydrogen-bond acceptors (Lipinski definition) is 3. The van der Waals surface area contributed by atoms with E-state index in [4.69, 9.17) is 18.0 Å². The maximum Gasteiger partial charge on any atom is 0.0690 e. The van der Waals surface area contributed by atoms with E-state index in [1.54, 1.807) is 0 Å². The van der Waals surface area contributed by atoms with Crippen LogP contribution in [0.4, 0.5) is 0 Å². The van der Waals surface area contributed by atoms with Gasteiger partial charge < -0.3 is 10.8 Å². The van der Waals surface area contributed by atoms with Crippen molar-refractivity contribution in [1.29, 1.82) is 0 Å². The second-order valence-electron chi connectivity index (χ2n) is 7.63. The van der Waals surface area contributed by atoms with E-state index in [2.05, 4.69) is 48.1 Å². The third kappa shape index (κ3) is 4.79. The molecule has 0 aliphatic rings. The smallest absolute Gasteiger partial charge is 0.0690 e. The van der Waals surface area contributed by atoms with Crippen LogP contribution in [-0.4, -0.2) is 9.97 Å². The quantitative estimate of drug-likeness (QED) is 0.287. The van der Waals surface area contributed by atoms with E-state index in [0.29, 0.717) is 5.70 Å². The number of allylic oxidation sites excluding steroid dienone is 5. The third-order valence-electron chi connectivity index (χ3n) is 5.90. The van der Waals surface area contributed by atoms with Crippen LogP contribution in [0.25, 0.3) is 11.8 Å². The molecule has 1 rings (SSSR count). The average Bonchev–Trinajstić information content (AvgIpc) is 2.71. The molecule has 1 aromatic rings. The van der Waals surface area contributed by atoms with Gasteiger partial charge in [-0.25, -0.2) is 0 Å². The van der Waals surface area contributed by atoms with Crippen LogP contribution < -0.4 is 5.73 Å². The van der Waals surface area contributed by atoms with Crippen molar-refractivity contribution in [1.82, 2.24) is 0 Å². The number of nitrogens with two attached hydrogens (primary N) is 1. The monoisotopic (exact) mass is 411 g/mol. The normalized spacial score (nSPS) is 12.5. The Bertz CT molecular complexity index is 909. The molecule has 0 bridgehead atoms. The second-order valence-corrected chi connectivity index (χ2v) is 8.04. The van der Waals surface area contributed by atoms with Crippen LogP contribution in [0.15, 0.2) is 34.9 Å². The van der Waals surface area contributed by atoms with Crippen LogP contribution in [0.5, 0.6) is 0 Å². The summed E-state index contributed by atoms with van der Waals surface area (Å²) in [5.74, 6) is 0. The molecule has 158 valence electrons. The number of rotatable bonds is 8. The van der Waals surface area contributed by atoms with E-state index in [-0.39, 0.29) is 6.61 Å². The van der Waals surface area contributed by atoms with Crippen LogP contribution in [-0.2, 0) is 19.4 Å². The Labute approximate surface area is 182 Å². The Balaban J connectivity index is 4.26. The fraction of sp³-hybridized carbons (Fsp3) is 0.423. The Hall–Kier alpha value is -1.97. The zero-order valence-corrected chi connectivity index (χ0v) is 20.2. The van der Waals surface area contributed by atoms with E-state index in [0.717, 1.165) is 62.2 Å². The van der Waals surface area contributed by atoms with Gasteiger partial charge in [0.1, 0.15) is 0 Å². The maximum absolute atomic E-state index is 10.2. The van der Waals surface area contributed by atoms with Gasteiger partial charge in [-0.05, 0) is 93.3 Å². The van der Waals surface area contributed by atoms with Gasteiger partial charge in [0.15, 0.2) is 0 Å². The molecule has 0 aliphatic heterocycles. The first kappa shape index (κ1) is 25.1. The van der Waals surface area contributed by atoms with Gasteiger partial charge in [-0.1, -0.05) is 50.4 Å². The summed E-state index contributed by atoms with van der Waals surface area (Å²) in [6.07, 6.45) is 5.49. The average molecular weight is 412 g/mol.